The van der Waals surface area contributed by atoms with Gasteiger partial charge in [-0.05, 0) is 37.3 Å². The molecule has 0 aliphatic heterocycles. The van der Waals surface area contributed by atoms with Crippen LogP contribution in [0, 0.1) is 5.82 Å². The van der Waals surface area contributed by atoms with Gasteiger partial charge in [0.25, 0.3) is 0 Å². The Morgan fingerprint density at radius 1 is 1.09 bits per heavy atom. The number of thiazole rings is 1. The van der Waals surface area contributed by atoms with Crippen molar-refractivity contribution in [2.75, 3.05) is 0 Å². The highest BCUT2D eigenvalue weighted by molar-refractivity contribution is 7.21. The standard InChI is InChI=1S/C22H14Cl3FN2O3S/c1-10(19-12(23)6-7-14(26)20(19)25)30-17-9-18-15(8-13(17)24)28-21(32-18)11-4-2-3-5-16(11)31-22(27)29/h2-10H,1H3,(H2,27,29). The van der Waals surface area contributed by atoms with Crippen molar-refractivity contribution in [1.82, 2.24) is 4.98 Å². The largest absolute Gasteiger partial charge is 0.484 e. The van der Waals surface area contributed by atoms with Crippen LogP contribution in [0.3, 0.4) is 0 Å². The van der Waals surface area contributed by atoms with Crippen molar-refractivity contribution in [1.29, 1.82) is 0 Å². The lowest BCUT2D eigenvalue weighted by Gasteiger charge is -2.18. The van der Waals surface area contributed by atoms with E-state index in [-0.39, 0.29) is 10.0 Å². The van der Waals surface area contributed by atoms with E-state index in [0.29, 0.717) is 38.2 Å². The number of hydrogen-bond donors (Lipinski definition) is 1. The van der Waals surface area contributed by atoms with Crippen LogP contribution < -0.4 is 15.2 Å². The highest BCUT2D eigenvalue weighted by Gasteiger charge is 2.21. The lowest BCUT2D eigenvalue weighted by Crippen LogP contribution is -2.16. The predicted molar refractivity (Wildman–Crippen MR) is 126 cm³/mol. The summed E-state index contributed by atoms with van der Waals surface area (Å²) in [5.41, 5.74) is 6.72. The molecule has 0 saturated carbocycles. The van der Waals surface area contributed by atoms with Gasteiger partial charge in [-0.15, -0.1) is 11.3 Å². The van der Waals surface area contributed by atoms with Gasteiger partial charge >= 0.3 is 6.09 Å². The maximum atomic E-state index is 13.9. The lowest BCUT2D eigenvalue weighted by molar-refractivity contribution is 0.211. The molecule has 1 unspecified atom stereocenters. The van der Waals surface area contributed by atoms with E-state index in [9.17, 15) is 9.18 Å². The number of fused-ring (bicyclic) bond motifs is 1. The van der Waals surface area contributed by atoms with Gasteiger partial charge in [-0.3, -0.25) is 0 Å². The van der Waals surface area contributed by atoms with Crippen molar-refractivity contribution < 1.29 is 18.7 Å². The van der Waals surface area contributed by atoms with Gasteiger partial charge in [0.05, 0.1) is 25.8 Å². The van der Waals surface area contributed by atoms with Gasteiger partial charge in [-0.1, -0.05) is 46.9 Å². The third-order valence-electron chi connectivity index (χ3n) is 4.56. The molecule has 2 N–H and O–H groups in total. The van der Waals surface area contributed by atoms with E-state index in [1.807, 2.05) is 0 Å². The van der Waals surface area contributed by atoms with E-state index in [4.69, 9.17) is 50.0 Å². The second kappa shape index (κ2) is 9.11. The summed E-state index contributed by atoms with van der Waals surface area (Å²) in [5.74, 6) is 0.0672. The topological polar surface area (TPSA) is 74.4 Å². The van der Waals surface area contributed by atoms with Gasteiger partial charge in [-0.2, -0.15) is 0 Å². The molecule has 0 spiro atoms. The van der Waals surface area contributed by atoms with E-state index in [1.165, 1.54) is 23.5 Å². The number of nitrogens with two attached hydrogens (primary N) is 1. The van der Waals surface area contributed by atoms with Crippen LogP contribution in [0.25, 0.3) is 20.8 Å². The molecule has 0 saturated heterocycles. The minimum atomic E-state index is -0.916. The summed E-state index contributed by atoms with van der Waals surface area (Å²) in [4.78, 5) is 15.8. The molecule has 3 aromatic carbocycles. The second-order valence-electron chi connectivity index (χ2n) is 6.70. The molecule has 0 bridgehead atoms. The average Bonchev–Trinajstić information content (AvgIpc) is 3.13. The fourth-order valence-electron chi connectivity index (χ4n) is 3.14. The zero-order valence-electron chi connectivity index (χ0n) is 16.4. The molecule has 1 atom stereocenters. The minimum Gasteiger partial charge on any atom is -0.484 e. The normalized spacial score (nSPS) is 12.0. The van der Waals surface area contributed by atoms with E-state index < -0.39 is 18.0 Å². The Bertz CT molecular complexity index is 1350. The number of carbonyl (C=O) groups is 1. The average molecular weight is 512 g/mol. The summed E-state index contributed by atoms with van der Waals surface area (Å²) < 4.78 is 25.7. The number of primary amides is 1. The smallest absolute Gasteiger partial charge is 0.409 e. The maximum absolute atomic E-state index is 13.9. The van der Waals surface area contributed by atoms with Crippen molar-refractivity contribution in [3.05, 3.63) is 75.0 Å². The van der Waals surface area contributed by atoms with Crippen molar-refractivity contribution in [2.24, 2.45) is 5.73 Å². The molecule has 32 heavy (non-hydrogen) atoms. The van der Waals surface area contributed by atoms with Gasteiger partial charge in [0.1, 0.15) is 28.4 Å². The SMILES string of the molecule is CC(Oc1cc2sc(-c3ccccc3OC(N)=O)nc2cc1Cl)c1c(Cl)ccc(F)c1Cl. The predicted octanol–water partition coefficient (Wildman–Crippen LogP) is 7.66. The van der Waals surface area contributed by atoms with Crippen LogP contribution in [-0.4, -0.2) is 11.1 Å². The Hall–Kier alpha value is -2.58. The Morgan fingerprint density at radius 2 is 1.84 bits per heavy atom. The first kappa shape index (κ1) is 22.6. The van der Waals surface area contributed by atoms with Gasteiger partial charge in [0.15, 0.2) is 0 Å². The zero-order chi connectivity index (χ0) is 23.0. The number of halogens is 4. The number of ether oxygens (including phenoxy) is 2. The number of amides is 1. The number of aromatic nitrogens is 1. The molecular weight excluding hydrogens is 498 g/mol. The Morgan fingerprint density at radius 3 is 2.59 bits per heavy atom. The van der Waals surface area contributed by atoms with Gasteiger partial charge in [0.2, 0.25) is 0 Å². The number of rotatable bonds is 5. The summed E-state index contributed by atoms with van der Waals surface area (Å²) in [5, 5.41) is 1.10. The first-order chi connectivity index (χ1) is 15.2. The first-order valence-corrected chi connectivity index (χ1v) is 11.2. The highest BCUT2D eigenvalue weighted by atomic mass is 35.5. The fraction of sp³-hybridized carbons (Fsp3) is 0.0909. The van der Waals surface area contributed by atoms with E-state index in [1.54, 1.807) is 43.3 Å². The quantitative estimate of drug-likeness (QED) is 0.279. The van der Waals surface area contributed by atoms with Crippen molar-refractivity contribution >= 4 is 62.4 Å². The van der Waals surface area contributed by atoms with Crippen LogP contribution in [-0.2, 0) is 0 Å². The van der Waals surface area contributed by atoms with Crippen molar-refractivity contribution in [2.45, 2.75) is 13.0 Å². The Kier molecular flexibility index (Phi) is 6.44. The summed E-state index contributed by atoms with van der Waals surface area (Å²) >= 11 is 20.1. The van der Waals surface area contributed by atoms with Crippen molar-refractivity contribution in [3.8, 4) is 22.1 Å². The third-order valence-corrected chi connectivity index (χ3v) is 6.62. The summed E-state index contributed by atoms with van der Waals surface area (Å²) in [6.45, 7) is 1.70. The van der Waals surface area contributed by atoms with Gasteiger partial charge in [0, 0.05) is 16.7 Å². The Balaban J connectivity index is 1.70. The third kappa shape index (κ3) is 4.47. The Labute approximate surface area is 201 Å². The molecule has 0 aliphatic rings. The van der Waals surface area contributed by atoms with E-state index >= 15 is 0 Å². The van der Waals surface area contributed by atoms with Gasteiger partial charge < -0.3 is 15.2 Å². The van der Waals surface area contributed by atoms with Crippen LogP contribution in [0.4, 0.5) is 9.18 Å². The van der Waals surface area contributed by atoms with Gasteiger partial charge in [-0.25, -0.2) is 14.2 Å². The molecule has 4 aromatic rings. The molecule has 0 radical (unpaired) electrons. The van der Waals surface area contributed by atoms with E-state index in [0.717, 1.165) is 4.70 Å². The highest BCUT2D eigenvalue weighted by Crippen LogP contribution is 2.41. The second-order valence-corrected chi connectivity index (χ2v) is 8.93. The van der Waals surface area contributed by atoms with Crippen LogP contribution >= 0.6 is 46.1 Å². The molecule has 4 rings (SSSR count). The number of carbonyl (C=O) groups excluding carboxylic acids is 1. The minimum absolute atomic E-state index is 0.103. The molecule has 0 fully saturated rings. The maximum Gasteiger partial charge on any atom is 0.409 e. The monoisotopic (exact) mass is 510 g/mol. The van der Waals surface area contributed by atoms with Crippen LogP contribution in [0.15, 0.2) is 48.5 Å². The molecule has 5 nitrogen and oxygen atoms in total. The summed E-state index contributed by atoms with van der Waals surface area (Å²) in [6, 6.07) is 12.9. The fourth-order valence-corrected chi connectivity index (χ4v) is 5.03. The lowest BCUT2D eigenvalue weighted by atomic mass is 10.1. The molecular formula is C22H14Cl3FN2O3S. The summed E-state index contributed by atoms with van der Waals surface area (Å²) in [7, 11) is 0. The van der Waals surface area contributed by atoms with Crippen LogP contribution in [0.1, 0.15) is 18.6 Å². The number of nitrogens with zero attached hydrogens (tertiary/aromatic N) is 1. The number of benzene rings is 3. The van der Waals surface area contributed by atoms with Crippen LogP contribution in [0.5, 0.6) is 11.5 Å². The number of hydrogen-bond acceptors (Lipinski definition) is 5. The van der Waals surface area contributed by atoms with Crippen LogP contribution in [0.2, 0.25) is 15.1 Å². The molecule has 1 amide bonds. The molecule has 0 aliphatic carbocycles. The molecule has 1 aromatic heterocycles. The van der Waals surface area contributed by atoms with E-state index in [2.05, 4.69) is 4.98 Å². The molecule has 1 heterocycles. The molecule has 164 valence electrons. The van der Waals surface area contributed by atoms with Crippen molar-refractivity contribution in [3.63, 3.8) is 0 Å². The first-order valence-electron chi connectivity index (χ1n) is 9.21. The zero-order valence-corrected chi connectivity index (χ0v) is 19.4. The summed E-state index contributed by atoms with van der Waals surface area (Å²) in [6.07, 6.45) is -1.58. The molecule has 10 heteroatoms. The number of para-hydroxylation sites is 1.